The molecule has 0 aliphatic carbocycles. The van der Waals surface area contributed by atoms with E-state index in [-0.39, 0.29) is 49.1 Å². The molecule has 2 aromatic carbocycles. The molecule has 0 unspecified atom stereocenters. The third-order valence-corrected chi connectivity index (χ3v) is 5.68. The van der Waals surface area contributed by atoms with Gasteiger partial charge in [-0.2, -0.15) is 0 Å². The Balaban J connectivity index is 1.84. The van der Waals surface area contributed by atoms with Gasteiger partial charge in [0.1, 0.15) is 5.82 Å². The molecule has 1 heterocycles. The molecule has 0 aliphatic rings. The van der Waals surface area contributed by atoms with Gasteiger partial charge in [-0.1, -0.05) is 50.2 Å². The summed E-state index contributed by atoms with van der Waals surface area (Å²) in [4.78, 5) is 41.8. The number of carbonyl (C=O) groups excluding carboxylic acids is 1. The van der Waals surface area contributed by atoms with Crippen molar-refractivity contribution in [3.63, 3.8) is 0 Å². The Morgan fingerprint density at radius 3 is 2.53 bits per heavy atom. The molecule has 4 N–H and O–H groups in total. The highest BCUT2D eigenvalue weighted by molar-refractivity contribution is 5.97. The van der Waals surface area contributed by atoms with Crippen molar-refractivity contribution in [2.24, 2.45) is 5.92 Å². The third kappa shape index (κ3) is 5.73. The second-order valence-corrected chi connectivity index (χ2v) is 8.74. The lowest BCUT2D eigenvalue weighted by atomic mass is 10.0. The molecule has 0 saturated carbocycles. The Bertz CT molecular complexity index is 1260. The Kier molecular flexibility index (Phi) is 8.25. The van der Waals surface area contributed by atoms with Gasteiger partial charge in [-0.05, 0) is 35.2 Å². The molecule has 0 bridgehead atoms. The van der Waals surface area contributed by atoms with Gasteiger partial charge in [-0.25, -0.2) is 4.79 Å². The molecule has 0 aliphatic heterocycles. The summed E-state index contributed by atoms with van der Waals surface area (Å²) >= 11 is 0. The van der Waals surface area contributed by atoms with E-state index in [9.17, 15) is 14.4 Å². The van der Waals surface area contributed by atoms with Crippen molar-refractivity contribution < 1.29 is 9.53 Å². The predicted molar refractivity (Wildman–Crippen MR) is 135 cm³/mol. The monoisotopic (exact) mass is 467 g/mol. The van der Waals surface area contributed by atoms with E-state index < -0.39 is 11.2 Å². The van der Waals surface area contributed by atoms with E-state index in [1.54, 1.807) is 0 Å². The summed E-state index contributed by atoms with van der Waals surface area (Å²) in [5.74, 6) is -0.266. The number of fused-ring (bicyclic) bond motifs is 1. The van der Waals surface area contributed by atoms with Crippen molar-refractivity contribution in [3.05, 3.63) is 68.9 Å². The first-order valence-corrected chi connectivity index (χ1v) is 11.4. The van der Waals surface area contributed by atoms with Gasteiger partial charge in [0.15, 0.2) is 5.69 Å². The molecule has 0 fully saturated rings. The van der Waals surface area contributed by atoms with Crippen LogP contribution in [-0.2, 0) is 16.1 Å². The number of benzene rings is 2. The number of aromatic nitrogens is 2. The van der Waals surface area contributed by atoms with Crippen LogP contribution in [0.15, 0.2) is 52.1 Å². The molecule has 182 valence electrons. The first-order valence-electron chi connectivity index (χ1n) is 11.4. The van der Waals surface area contributed by atoms with Crippen molar-refractivity contribution in [2.75, 3.05) is 37.4 Å². The topological polar surface area (TPSA) is 122 Å². The summed E-state index contributed by atoms with van der Waals surface area (Å²) in [5, 5.41) is 5.50. The van der Waals surface area contributed by atoms with Gasteiger partial charge in [-0.3, -0.25) is 19.1 Å². The van der Waals surface area contributed by atoms with E-state index in [1.807, 2.05) is 51.1 Å². The van der Waals surface area contributed by atoms with E-state index in [0.717, 1.165) is 16.3 Å². The minimum absolute atomic E-state index is 0.0279. The van der Waals surface area contributed by atoms with Crippen LogP contribution in [0.3, 0.4) is 0 Å². The van der Waals surface area contributed by atoms with Crippen LogP contribution in [0.4, 0.5) is 11.5 Å². The number of H-pyrrole nitrogens is 1. The van der Waals surface area contributed by atoms with E-state index in [2.05, 4.69) is 22.4 Å². The molecular formula is C25H33N5O4. The number of hydrogen-bond donors (Lipinski definition) is 3. The lowest BCUT2D eigenvalue weighted by Gasteiger charge is -2.25. The highest BCUT2D eigenvalue weighted by Gasteiger charge is 2.24. The van der Waals surface area contributed by atoms with Crippen molar-refractivity contribution in [3.8, 4) is 0 Å². The number of anilines is 2. The number of hydrogen-bond acceptors (Lipinski definition) is 6. The number of aromatic amines is 1. The normalized spacial score (nSPS) is 12.3. The highest BCUT2D eigenvalue weighted by Crippen LogP contribution is 2.21. The minimum Gasteiger partial charge on any atom is -0.383 e. The van der Waals surface area contributed by atoms with Crippen LogP contribution >= 0.6 is 0 Å². The molecule has 34 heavy (non-hydrogen) atoms. The predicted octanol–water partition coefficient (Wildman–Crippen LogP) is 2.26. The van der Waals surface area contributed by atoms with Gasteiger partial charge in [0.25, 0.3) is 5.56 Å². The summed E-state index contributed by atoms with van der Waals surface area (Å²) in [6, 6.07) is 14.1. The summed E-state index contributed by atoms with van der Waals surface area (Å²) in [7, 11) is 1.51. The van der Waals surface area contributed by atoms with E-state index in [1.165, 1.54) is 16.6 Å². The number of methoxy groups -OCH3 is 1. The van der Waals surface area contributed by atoms with Crippen LogP contribution in [0.5, 0.6) is 0 Å². The SMILES string of the molecule is COCCN(C(=O)CN[C@H](C)c1ccc2ccccc2c1)c1c(N)n(CC(C)C)c(=O)[nH]c1=O. The first-order chi connectivity index (χ1) is 16.2. The standard InChI is InChI=1S/C25H33N5O4/c1-16(2)15-30-23(26)22(24(32)28-25(30)33)29(11-12-34-4)21(31)14-27-17(3)19-10-9-18-7-5-6-8-20(18)13-19/h5-10,13,16-17,27H,11-12,14-15,26H2,1-4H3,(H,28,32,33)/t17-/m1/s1. The number of carbonyl (C=O) groups is 1. The summed E-state index contributed by atoms with van der Waals surface area (Å²) in [6.45, 7) is 6.45. The fraction of sp³-hybridized carbons (Fsp3) is 0.400. The Hall–Kier alpha value is -3.43. The Labute approximate surface area is 198 Å². The number of amides is 1. The summed E-state index contributed by atoms with van der Waals surface area (Å²) in [6.07, 6.45) is 0. The Morgan fingerprint density at radius 1 is 1.15 bits per heavy atom. The number of nitrogens with two attached hydrogens (primary N) is 1. The zero-order valence-corrected chi connectivity index (χ0v) is 20.1. The van der Waals surface area contributed by atoms with Crippen LogP contribution in [0.2, 0.25) is 0 Å². The number of rotatable bonds is 10. The fourth-order valence-electron chi connectivity index (χ4n) is 3.86. The minimum atomic E-state index is -0.700. The Morgan fingerprint density at radius 2 is 1.85 bits per heavy atom. The van der Waals surface area contributed by atoms with Crippen LogP contribution < -0.4 is 27.2 Å². The van der Waals surface area contributed by atoms with Crippen LogP contribution in [0.1, 0.15) is 32.4 Å². The number of ether oxygens (including phenoxy) is 1. The number of nitrogens with zero attached hydrogens (tertiary/aromatic N) is 2. The average molecular weight is 468 g/mol. The zero-order valence-electron chi connectivity index (χ0n) is 20.1. The van der Waals surface area contributed by atoms with Crippen molar-refractivity contribution >= 4 is 28.2 Å². The third-order valence-electron chi connectivity index (χ3n) is 5.68. The van der Waals surface area contributed by atoms with Crippen molar-refractivity contribution in [1.29, 1.82) is 0 Å². The number of nitrogens with one attached hydrogen (secondary N) is 2. The highest BCUT2D eigenvalue weighted by atomic mass is 16.5. The van der Waals surface area contributed by atoms with Gasteiger partial charge in [0.2, 0.25) is 5.91 Å². The quantitative estimate of drug-likeness (QED) is 0.420. The maximum Gasteiger partial charge on any atom is 0.330 e. The smallest absolute Gasteiger partial charge is 0.330 e. The van der Waals surface area contributed by atoms with Gasteiger partial charge < -0.3 is 20.7 Å². The second-order valence-electron chi connectivity index (χ2n) is 8.74. The largest absolute Gasteiger partial charge is 0.383 e. The van der Waals surface area contributed by atoms with E-state index in [0.29, 0.717) is 6.54 Å². The molecular weight excluding hydrogens is 434 g/mol. The van der Waals surface area contributed by atoms with Gasteiger partial charge in [-0.15, -0.1) is 0 Å². The maximum absolute atomic E-state index is 13.2. The molecule has 0 spiro atoms. The van der Waals surface area contributed by atoms with Gasteiger partial charge >= 0.3 is 5.69 Å². The molecule has 1 aromatic heterocycles. The second kappa shape index (κ2) is 11.1. The van der Waals surface area contributed by atoms with Crippen LogP contribution in [-0.4, -0.2) is 42.3 Å². The summed E-state index contributed by atoms with van der Waals surface area (Å²) < 4.78 is 6.43. The molecule has 3 rings (SSSR count). The van der Waals surface area contributed by atoms with E-state index >= 15 is 0 Å². The summed E-state index contributed by atoms with van der Waals surface area (Å²) in [5.41, 5.74) is 5.94. The van der Waals surface area contributed by atoms with Crippen LogP contribution in [0.25, 0.3) is 10.8 Å². The van der Waals surface area contributed by atoms with Gasteiger partial charge in [0.05, 0.1) is 13.2 Å². The van der Waals surface area contributed by atoms with Crippen LogP contribution in [0, 0.1) is 5.92 Å². The van der Waals surface area contributed by atoms with E-state index in [4.69, 9.17) is 10.5 Å². The fourth-order valence-corrected chi connectivity index (χ4v) is 3.86. The molecule has 1 atom stereocenters. The van der Waals surface area contributed by atoms with Crippen molar-refractivity contribution in [1.82, 2.24) is 14.9 Å². The van der Waals surface area contributed by atoms with Gasteiger partial charge in [0, 0.05) is 26.2 Å². The van der Waals surface area contributed by atoms with Crippen molar-refractivity contribution in [2.45, 2.75) is 33.4 Å². The molecule has 1 amide bonds. The lowest BCUT2D eigenvalue weighted by molar-refractivity contribution is -0.118. The maximum atomic E-state index is 13.2. The zero-order chi connectivity index (χ0) is 24.8. The molecule has 0 radical (unpaired) electrons. The first kappa shape index (κ1) is 25.2. The lowest BCUT2D eigenvalue weighted by Crippen LogP contribution is -2.46. The number of nitrogen functional groups attached to an aromatic ring is 1. The molecule has 9 heteroatoms. The average Bonchev–Trinajstić information content (AvgIpc) is 2.81. The molecule has 3 aromatic rings. The molecule has 0 saturated heterocycles. The molecule has 9 nitrogen and oxygen atoms in total.